The Kier molecular flexibility index (Phi) is 7.20. The van der Waals surface area contributed by atoms with Crippen molar-refractivity contribution < 1.29 is 0 Å². The van der Waals surface area contributed by atoms with Gasteiger partial charge in [0.1, 0.15) is 0 Å². The zero-order valence-corrected chi connectivity index (χ0v) is 16.7. The molecular formula is C18H15Br2I. The van der Waals surface area contributed by atoms with Crippen molar-refractivity contribution in [3.8, 4) is 0 Å². The third kappa shape index (κ3) is 5.38. The lowest BCUT2D eigenvalue weighted by Gasteiger charge is -2.08. The molecule has 0 fully saturated rings. The van der Waals surface area contributed by atoms with Crippen LogP contribution in [0, 0.1) is 0 Å². The summed E-state index contributed by atoms with van der Waals surface area (Å²) >= 11 is 9.40. The molecule has 0 saturated heterocycles. The molecule has 2 rings (SSSR count). The van der Waals surface area contributed by atoms with Gasteiger partial charge in [0.2, 0.25) is 0 Å². The fraction of sp³-hybridized carbons (Fsp3) is 0.111. The Morgan fingerprint density at radius 1 is 1.00 bits per heavy atom. The summed E-state index contributed by atoms with van der Waals surface area (Å²) in [5.74, 6) is 0. The van der Waals surface area contributed by atoms with E-state index in [2.05, 4.69) is 121 Å². The lowest BCUT2D eigenvalue weighted by atomic mass is 10.0. The van der Waals surface area contributed by atoms with E-state index in [1.54, 1.807) is 0 Å². The smallest absolute Gasteiger partial charge is 0.0211 e. The molecule has 0 aromatic heterocycles. The minimum Gasteiger partial charge on any atom is -0.0925 e. The summed E-state index contributed by atoms with van der Waals surface area (Å²) in [5.41, 5.74) is 3.76. The van der Waals surface area contributed by atoms with E-state index in [1.165, 1.54) is 20.3 Å². The summed E-state index contributed by atoms with van der Waals surface area (Å²) in [4.78, 5) is 0. The molecule has 0 saturated carbocycles. The van der Waals surface area contributed by atoms with Crippen LogP contribution in [-0.4, -0.2) is 5.33 Å². The Bertz CT molecular complexity index is 628. The molecule has 0 aliphatic carbocycles. The topological polar surface area (TPSA) is 0 Å². The van der Waals surface area contributed by atoms with Gasteiger partial charge in [-0.3, -0.25) is 0 Å². The number of allylic oxidation sites excluding steroid dienone is 3. The van der Waals surface area contributed by atoms with E-state index < -0.39 is 0 Å². The third-order valence-corrected chi connectivity index (χ3v) is 4.84. The number of benzene rings is 2. The van der Waals surface area contributed by atoms with E-state index in [-0.39, 0.29) is 0 Å². The average Bonchev–Trinajstić information content (AvgIpc) is 2.51. The Morgan fingerprint density at radius 3 is 2.29 bits per heavy atom. The second-order valence-corrected chi connectivity index (χ2v) is 7.38. The molecule has 0 N–H and O–H groups in total. The van der Waals surface area contributed by atoms with Gasteiger partial charge in [-0.2, -0.15) is 0 Å². The van der Waals surface area contributed by atoms with Crippen LogP contribution in [0.15, 0.2) is 68.7 Å². The first kappa shape index (κ1) is 17.0. The Labute approximate surface area is 156 Å². The van der Waals surface area contributed by atoms with Crippen LogP contribution in [0.1, 0.15) is 17.5 Å². The molecule has 0 atom stereocenters. The zero-order chi connectivity index (χ0) is 15.1. The van der Waals surface area contributed by atoms with Crippen LogP contribution in [-0.2, 0) is 0 Å². The molecule has 108 valence electrons. The summed E-state index contributed by atoms with van der Waals surface area (Å²) in [7, 11) is 0. The van der Waals surface area contributed by atoms with E-state index in [0.717, 1.165) is 16.2 Å². The van der Waals surface area contributed by atoms with Crippen molar-refractivity contribution in [3.63, 3.8) is 0 Å². The van der Waals surface area contributed by atoms with Crippen LogP contribution < -0.4 is 0 Å². The number of alkyl halides is 1. The third-order valence-electron chi connectivity index (χ3n) is 2.96. The van der Waals surface area contributed by atoms with Crippen LogP contribution in [0.2, 0.25) is 0 Å². The summed E-state index contributed by atoms with van der Waals surface area (Å²) < 4.78 is 2.36. The van der Waals surface area contributed by atoms with Crippen molar-refractivity contribution >= 4 is 66.1 Å². The highest BCUT2D eigenvalue weighted by Gasteiger charge is 2.05. The predicted molar refractivity (Wildman–Crippen MR) is 109 cm³/mol. The molecule has 2 aromatic rings. The minimum atomic E-state index is 0.978. The Balaban J connectivity index is 2.34. The summed E-state index contributed by atoms with van der Waals surface area (Å²) in [6.45, 7) is 0. The van der Waals surface area contributed by atoms with Crippen LogP contribution in [0.4, 0.5) is 0 Å². The molecule has 3 heteroatoms. The summed E-state index contributed by atoms with van der Waals surface area (Å²) in [6.07, 6.45) is 5.53. The fourth-order valence-electron chi connectivity index (χ4n) is 1.95. The van der Waals surface area contributed by atoms with E-state index >= 15 is 0 Å². The van der Waals surface area contributed by atoms with E-state index in [1.807, 2.05) is 0 Å². The highest BCUT2D eigenvalue weighted by atomic mass is 127. The molecule has 0 bridgehead atoms. The van der Waals surface area contributed by atoms with Crippen molar-refractivity contribution in [1.29, 1.82) is 0 Å². The minimum absolute atomic E-state index is 0.978. The molecule has 0 amide bonds. The number of hydrogen-bond donors (Lipinski definition) is 0. The van der Waals surface area contributed by atoms with Gasteiger partial charge >= 0.3 is 0 Å². The molecule has 0 heterocycles. The van der Waals surface area contributed by atoms with Gasteiger partial charge in [-0.05, 0) is 63.9 Å². The molecule has 0 aliphatic rings. The van der Waals surface area contributed by atoms with Crippen LogP contribution >= 0.6 is 54.5 Å². The van der Waals surface area contributed by atoms with Gasteiger partial charge in [-0.15, -0.1) is 0 Å². The maximum atomic E-state index is 3.50. The van der Waals surface area contributed by atoms with Crippen molar-refractivity contribution in [2.45, 2.75) is 6.42 Å². The second kappa shape index (κ2) is 8.91. The molecule has 0 spiro atoms. The number of rotatable bonds is 5. The largest absolute Gasteiger partial charge is 0.0925 e. The lowest BCUT2D eigenvalue weighted by Crippen LogP contribution is -1.86. The van der Waals surface area contributed by atoms with Gasteiger partial charge in [-0.1, -0.05) is 80.4 Å². The molecule has 0 aliphatic heterocycles. The monoisotopic (exact) mass is 516 g/mol. The first-order valence-corrected chi connectivity index (χ1v) is 9.64. The SMILES string of the molecule is BrCC/C=C(\C(I)=C\c1ccc(Br)cc1)c1ccccc1. The normalized spacial score (nSPS) is 12.5. The Hall–Kier alpha value is -0.390. The van der Waals surface area contributed by atoms with Crippen LogP contribution in [0.25, 0.3) is 11.6 Å². The van der Waals surface area contributed by atoms with Gasteiger partial charge in [0.05, 0.1) is 0 Å². The zero-order valence-electron chi connectivity index (χ0n) is 11.4. The van der Waals surface area contributed by atoms with Gasteiger partial charge in [0, 0.05) is 13.4 Å². The molecule has 0 radical (unpaired) electrons. The van der Waals surface area contributed by atoms with Crippen molar-refractivity contribution in [1.82, 2.24) is 0 Å². The Morgan fingerprint density at radius 2 is 1.67 bits per heavy atom. The molecule has 0 nitrogen and oxygen atoms in total. The maximum Gasteiger partial charge on any atom is 0.0211 e. The van der Waals surface area contributed by atoms with Crippen molar-refractivity contribution in [3.05, 3.63) is 79.9 Å². The van der Waals surface area contributed by atoms with E-state index in [0.29, 0.717) is 0 Å². The fourth-order valence-corrected chi connectivity index (χ4v) is 3.34. The highest BCUT2D eigenvalue weighted by Crippen LogP contribution is 2.30. The maximum absolute atomic E-state index is 3.50. The molecule has 21 heavy (non-hydrogen) atoms. The first-order chi connectivity index (χ1) is 10.2. The first-order valence-electron chi connectivity index (χ1n) is 6.65. The second-order valence-electron chi connectivity index (χ2n) is 4.51. The van der Waals surface area contributed by atoms with Gasteiger partial charge in [0.25, 0.3) is 0 Å². The highest BCUT2D eigenvalue weighted by molar-refractivity contribution is 14.1. The average molecular weight is 518 g/mol. The molecular weight excluding hydrogens is 503 g/mol. The van der Waals surface area contributed by atoms with E-state index in [9.17, 15) is 0 Å². The van der Waals surface area contributed by atoms with Crippen LogP contribution in [0.3, 0.4) is 0 Å². The van der Waals surface area contributed by atoms with Gasteiger partial charge < -0.3 is 0 Å². The standard InChI is InChI=1S/C18H15Br2I/c19-12-4-7-17(15-5-2-1-3-6-15)18(21)13-14-8-10-16(20)11-9-14/h1-3,5-11,13H,4,12H2/b17-7-,18-13-. The molecule has 2 aromatic carbocycles. The van der Waals surface area contributed by atoms with Crippen molar-refractivity contribution in [2.24, 2.45) is 0 Å². The van der Waals surface area contributed by atoms with Crippen LogP contribution in [0.5, 0.6) is 0 Å². The summed E-state index contributed by atoms with van der Waals surface area (Å²) in [6, 6.07) is 18.9. The lowest BCUT2D eigenvalue weighted by molar-refractivity contribution is 1.26. The van der Waals surface area contributed by atoms with Crippen molar-refractivity contribution in [2.75, 3.05) is 5.33 Å². The molecule has 0 unspecified atom stereocenters. The number of halogens is 3. The van der Waals surface area contributed by atoms with Gasteiger partial charge in [0.15, 0.2) is 0 Å². The summed E-state index contributed by atoms with van der Waals surface area (Å²) in [5, 5.41) is 0.978. The van der Waals surface area contributed by atoms with E-state index in [4.69, 9.17) is 0 Å². The van der Waals surface area contributed by atoms with Gasteiger partial charge in [-0.25, -0.2) is 0 Å². The predicted octanol–water partition coefficient (Wildman–Crippen LogP) is 7.09. The quantitative estimate of drug-likeness (QED) is 0.225. The number of hydrogen-bond acceptors (Lipinski definition) is 0.